The molecule has 0 aromatic carbocycles. The minimum Gasteiger partial charge on any atom is -0.430 e. The molecule has 0 aliphatic rings. The highest BCUT2D eigenvalue weighted by Crippen LogP contribution is 2.24. The Hall–Kier alpha value is -1.25. The molecule has 0 aromatic heterocycles. The Morgan fingerprint density at radius 2 is 2.00 bits per heavy atom. The van der Waals surface area contributed by atoms with Crippen molar-refractivity contribution in [2.24, 2.45) is 5.41 Å². The van der Waals surface area contributed by atoms with E-state index in [1.807, 2.05) is 40.7 Å². The number of hydrogen-bond acceptors (Lipinski definition) is 3. The first-order valence-corrected chi connectivity index (χ1v) is 5.40. The van der Waals surface area contributed by atoms with Crippen molar-refractivity contribution in [1.82, 2.24) is 0 Å². The van der Waals surface area contributed by atoms with Crippen LogP contribution in [0.15, 0.2) is 24.3 Å². The van der Waals surface area contributed by atoms with Crippen LogP contribution >= 0.6 is 0 Å². The van der Waals surface area contributed by atoms with Crippen LogP contribution in [0.5, 0.6) is 0 Å². The first kappa shape index (κ1) is 14.8. The van der Waals surface area contributed by atoms with Crippen LogP contribution in [0.3, 0.4) is 0 Å². The molecule has 0 N–H and O–H groups in total. The molecule has 0 radical (unpaired) electrons. The van der Waals surface area contributed by atoms with Gasteiger partial charge in [-0.25, -0.2) is 4.79 Å². The van der Waals surface area contributed by atoms with Gasteiger partial charge in [0.25, 0.3) is 0 Å². The second-order valence-electron chi connectivity index (χ2n) is 4.63. The van der Waals surface area contributed by atoms with Crippen LogP contribution in [0.25, 0.3) is 0 Å². The summed E-state index contributed by atoms with van der Waals surface area (Å²) in [4.78, 5) is 11.3. The van der Waals surface area contributed by atoms with E-state index in [1.54, 1.807) is 6.08 Å². The molecule has 0 heterocycles. The minimum atomic E-state index is -0.639. The van der Waals surface area contributed by atoms with Crippen LogP contribution in [0.2, 0.25) is 0 Å². The van der Waals surface area contributed by atoms with Crippen LogP contribution in [0.4, 0.5) is 4.79 Å². The van der Waals surface area contributed by atoms with E-state index in [2.05, 4.69) is 6.58 Å². The van der Waals surface area contributed by atoms with Crippen molar-refractivity contribution in [3.8, 4) is 0 Å². The highest BCUT2D eigenvalue weighted by molar-refractivity contribution is 5.60. The molecule has 0 aliphatic heterocycles. The van der Waals surface area contributed by atoms with E-state index in [-0.39, 0.29) is 18.1 Å². The fourth-order valence-electron chi connectivity index (χ4n) is 0.773. The summed E-state index contributed by atoms with van der Waals surface area (Å²) in [5.41, 5.74) is 0.850. The molecule has 0 rings (SSSR count). The number of carbonyl (C=O) groups is 1. The normalized spacial score (nSPS) is 12.6. The lowest BCUT2D eigenvalue weighted by Crippen LogP contribution is -2.29. The van der Waals surface area contributed by atoms with E-state index < -0.39 is 6.16 Å². The molecule has 1 unspecified atom stereocenters. The van der Waals surface area contributed by atoms with E-state index in [1.165, 1.54) is 0 Å². The predicted octanol–water partition coefficient (Wildman–Crippen LogP) is 3.71. The van der Waals surface area contributed by atoms with Gasteiger partial charge >= 0.3 is 6.16 Å². The highest BCUT2D eigenvalue weighted by atomic mass is 16.7. The van der Waals surface area contributed by atoms with Gasteiger partial charge in [-0.2, -0.15) is 0 Å². The Morgan fingerprint density at radius 1 is 1.44 bits per heavy atom. The maximum absolute atomic E-state index is 11.3. The predicted molar refractivity (Wildman–Crippen MR) is 65.3 cm³/mol. The average Bonchev–Trinajstić information content (AvgIpc) is 2.16. The molecule has 0 aliphatic carbocycles. The molecular weight excluding hydrogens is 204 g/mol. The first-order chi connectivity index (χ1) is 7.29. The zero-order valence-electron chi connectivity index (χ0n) is 10.9. The maximum Gasteiger partial charge on any atom is 0.508 e. The lowest BCUT2D eigenvalue weighted by atomic mass is 9.88. The van der Waals surface area contributed by atoms with Gasteiger partial charge in [0, 0.05) is 5.41 Å². The van der Waals surface area contributed by atoms with Crippen LogP contribution in [0, 0.1) is 5.41 Å². The fraction of sp³-hybridized carbons (Fsp3) is 0.615. The number of allylic oxidation sites excluding steroid dienone is 1. The summed E-state index contributed by atoms with van der Waals surface area (Å²) in [6.07, 6.45) is 2.69. The van der Waals surface area contributed by atoms with Gasteiger partial charge in [0.2, 0.25) is 0 Å². The maximum atomic E-state index is 11.3. The zero-order chi connectivity index (χ0) is 12.8. The molecule has 16 heavy (non-hydrogen) atoms. The summed E-state index contributed by atoms with van der Waals surface area (Å²) in [5, 5.41) is 0. The Kier molecular flexibility index (Phi) is 5.86. The van der Waals surface area contributed by atoms with Crippen LogP contribution in [-0.2, 0) is 9.47 Å². The van der Waals surface area contributed by atoms with Gasteiger partial charge < -0.3 is 9.47 Å². The third kappa shape index (κ3) is 5.59. The zero-order valence-corrected chi connectivity index (χ0v) is 10.9. The molecule has 0 saturated carbocycles. The van der Waals surface area contributed by atoms with Gasteiger partial charge in [0.15, 0.2) is 0 Å². The van der Waals surface area contributed by atoms with Crippen molar-refractivity contribution in [2.75, 3.05) is 6.61 Å². The van der Waals surface area contributed by atoms with E-state index in [4.69, 9.17) is 9.47 Å². The second kappa shape index (κ2) is 6.36. The van der Waals surface area contributed by atoms with Crippen molar-refractivity contribution >= 4 is 6.16 Å². The van der Waals surface area contributed by atoms with E-state index in [0.29, 0.717) is 0 Å². The lowest BCUT2D eigenvalue weighted by molar-refractivity contribution is 0.00391. The number of rotatable bonds is 5. The average molecular weight is 226 g/mol. The molecule has 1 atom stereocenters. The van der Waals surface area contributed by atoms with Gasteiger partial charge in [-0.1, -0.05) is 25.5 Å². The molecule has 0 fully saturated rings. The Labute approximate surface area is 98.1 Å². The highest BCUT2D eigenvalue weighted by Gasteiger charge is 2.26. The summed E-state index contributed by atoms with van der Waals surface area (Å²) in [7, 11) is 0. The molecule has 0 spiro atoms. The van der Waals surface area contributed by atoms with E-state index >= 15 is 0 Å². The van der Waals surface area contributed by atoms with Gasteiger partial charge in [0.1, 0.15) is 12.7 Å². The molecule has 0 aromatic rings. The SMILES string of the molecule is C=CC(C)(C)C(C)OC(=O)OCC=C(C)C. The van der Waals surface area contributed by atoms with Crippen molar-refractivity contribution < 1.29 is 14.3 Å². The van der Waals surface area contributed by atoms with Gasteiger partial charge in [-0.15, -0.1) is 6.58 Å². The summed E-state index contributed by atoms with van der Waals surface area (Å²) in [6, 6.07) is 0. The minimum absolute atomic E-state index is 0.252. The Morgan fingerprint density at radius 3 is 2.44 bits per heavy atom. The summed E-state index contributed by atoms with van der Waals surface area (Å²) >= 11 is 0. The standard InChI is InChI=1S/C13H22O3/c1-7-13(5,6)11(4)16-12(14)15-9-8-10(2)3/h7-8,11H,1,9H2,2-6H3. The second-order valence-corrected chi connectivity index (χ2v) is 4.63. The summed E-state index contributed by atoms with van der Waals surface area (Å²) in [5.74, 6) is 0. The summed E-state index contributed by atoms with van der Waals surface area (Å²) < 4.78 is 10.0. The van der Waals surface area contributed by atoms with Crippen molar-refractivity contribution in [3.05, 3.63) is 24.3 Å². The molecule has 3 heteroatoms. The van der Waals surface area contributed by atoms with Crippen molar-refractivity contribution in [1.29, 1.82) is 0 Å². The third-order valence-corrected chi connectivity index (χ3v) is 2.54. The number of hydrogen-bond donors (Lipinski definition) is 0. The monoisotopic (exact) mass is 226 g/mol. The van der Waals surface area contributed by atoms with E-state index in [9.17, 15) is 4.79 Å². The molecule has 3 nitrogen and oxygen atoms in total. The molecule has 0 bridgehead atoms. The largest absolute Gasteiger partial charge is 0.508 e. The Balaban J connectivity index is 4.06. The molecule has 92 valence electrons. The Bertz CT molecular complexity index is 273. The number of ether oxygens (including phenoxy) is 2. The fourth-order valence-corrected chi connectivity index (χ4v) is 0.773. The van der Waals surface area contributed by atoms with Crippen molar-refractivity contribution in [3.63, 3.8) is 0 Å². The molecule has 0 saturated heterocycles. The number of carbonyl (C=O) groups excluding carboxylic acids is 1. The smallest absolute Gasteiger partial charge is 0.430 e. The molecular formula is C13H22O3. The van der Waals surface area contributed by atoms with Crippen LogP contribution in [-0.4, -0.2) is 18.9 Å². The van der Waals surface area contributed by atoms with Gasteiger partial charge in [-0.3, -0.25) is 0 Å². The topological polar surface area (TPSA) is 35.5 Å². The van der Waals surface area contributed by atoms with Crippen LogP contribution < -0.4 is 0 Å². The third-order valence-electron chi connectivity index (χ3n) is 2.54. The lowest BCUT2D eigenvalue weighted by Gasteiger charge is -2.27. The molecule has 0 amide bonds. The summed E-state index contributed by atoms with van der Waals surface area (Å²) in [6.45, 7) is 13.6. The quantitative estimate of drug-likeness (QED) is 0.529. The van der Waals surface area contributed by atoms with E-state index in [0.717, 1.165) is 5.57 Å². The van der Waals surface area contributed by atoms with Gasteiger partial charge in [0.05, 0.1) is 0 Å². The van der Waals surface area contributed by atoms with Crippen molar-refractivity contribution in [2.45, 2.75) is 40.7 Å². The first-order valence-electron chi connectivity index (χ1n) is 5.40. The van der Waals surface area contributed by atoms with Crippen LogP contribution in [0.1, 0.15) is 34.6 Å². The van der Waals surface area contributed by atoms with Gasteiger partial charge in [-0.05, 0) is 26.8 Å².